The maximum Gasteiger partial charge on any atom is 0.408 e. The zero-order valence-electron chi connectivity index (χ0n) is 23.6. The molecule has 0 unspecified atom stereocenters. The van der Waals surface area contributed by atoms with Gasteiger partial charge in [-0.3, -0.25) is 9.69 Å². The molecule has 0 bridgehead atoms. The molecule has 1 atom stereocenters. The summed E-state index contributed by atoms with van der Waals surface area (Å²) in [6.07, 6.45) is 0.554. The number of imidazole rings is 1. The molecule has 1 aliphatic heterocycles. The molecular weight excluding hydrogens is 494 g/mol. The van der Waals surface area contributed by atoms with Crippen LogP contribution in [0.15, 0.2) is 42.5 Å². The predicted molar refractivity (Wildman–Crippen MR) is 152 cm³/mol. The Kier molecular flexibility index (Phi) is 6.78. The molecule has 1 saturated heterocycles. The molecule has 5 rings (SSSR count). The van der Waals surface area contributed by atoms with Gasteiger partial charge in [-0.2, -0.15) is 0 Å². The Morgan fingerprint density at radius 2 is 1.90 bits per heavy atom. The third kappa shape index (κ3) is 4.70. The van der Waals surface area contributed by atoms with E-state index in [0.29, 0.717) is 18.7 Å². The van der Waals surface area contributed by atoms with Gasteiger partial charge in [0.2, 0.25) is 0 Å². The topological polar surface area (TPSA) is 92.8 Å². The van der Waals surface area contributed by atoms with Crippen LogP contribution < -0.4 is 4.74 Å². The molecule has 2 aromatic heterocycles. The van der Waals surface area contributed by atoms with Crippen LogP contribution in [0.5, 0.6) is 5.75 Å². The molecule has 3 heterocycles. The molecule has 1 aliphatic rings. The number of aromatic nitrogens is 3. The number of hydrogen-bond acceptors (Lipinski definition) is 4. The van der Waals surface area contributed by atoms with Gasteiger partial charge in [0.05, 0.1) is 35.4 Å². The number of benzene rings is 2. The lowest BCUT2D eigenvalue weighted by atomic mass is 9.97. The second-order valence-corrected chi connectivity index (χ2v) is 11.3. The van der Waals surface area contributed by atoms with Crippen molar-refractivity contribution in [2.45, 2.75) is 58.7 Å². The summed E-state index contributed by atoms with van der Waals surface area (Å²) in [6, 6.07) is 13.6. The number of hydrogen-bond donors (Lipinski definition) is 1. The van der Waals surface area contributed by atoms with Crippen molar-refractivity contribution < 1.29 is 19.4 Å². The molecule has 2 aromatic carbocycles. The second kappa shape index (κ2) is 9.94. The molecule has 9 heteroatoms. The Hall–Kier alpha value is -4.01. The monoisotopic (exact) mass is 531 g/mol. The van der Waals surface area contributed by atoms with Crippen molar-refractivity contribution in [1.29, 1.82) is 0 Å². The van der Waals surface area contributed by atoms with Crippen molar-refractivity contribution in [3.63, 3.8) is 0 Å². The van der Waals surface area contributed by atoms with Gasteiger partial charge in [0, 0.05) is 49.2 Å². The Bertz CT molecular complexity index is 1560. The first kappa shape index (κ1) is 26.6. The molecule has 0 saturated carbocycles. The number of methoxy groups -OCH3 is 1. The molecule has 206 valence electrons. The number of carbonyl (C=O) groups excluding carboxylic acids is 1. The Morgan fingerprint density at radius 1 is 1.13 bits per heavy atom. The van der Waals surface area contributed by atoms with Crippen LogP contribution in [0, 0.1) is 0 Å². The molecule has 1 fully saturated rings. The van der Waals surface area contributed by atoms with Gasteiger partial charge in [0.15, 0.2) is 5.82 Å². The van der Waals surface area contributed by atoms with E-state index in [0.717, 1.165) is 58.6 Å². The fraction of sp³-hybridized carbons (Fsp3) is 0.433. The maximum absolute atomic E-state index is 13.6. The molecular formula is C30H37N5O4. The van der Waals surface area contributed by atoms with Gasteiger partial charge in [0.1, 0.15) is 5.75 Å². The number of piperidine rings is 1. The highest BCUT2D eigenvalue weighted by Crippen LogP contribution is 2.32. The largest absolute Gasteiger partial charge is 0.497 e. The number of fused-ring (bicyclic) bond motifs is 2. The van der Waals surface area contributed by atoms with E-state index in [1.54, 1.807) is 12.0 Å². The highest BCUT2D eigenvalue weighted by Gasteiger charge is 2.37. The van der Waals surface area contributed by atoms with E-state index in [9.17, 15) is 14.7 Å². The van der Waals surface area contributed by atoms with E-state index >= 15 is 0 Å². The highest BCUT2D eigenvalue weighted by atomic mass is 16.5. The van der Waals surface area contributed by atoms with Crippen LogP contribution >= 0.6 is 0 Å². The van der Waals surface area contributed by atoms with Gasteiger partial charge in [-0.15, -0.1) is 0 Å². The Balaban J connectivity index is 1.47. The summed E-state index contributed by atoms with van der Waals surface area (Å²) in [5.74, 6) is 1.54. The van der Waals surface area contributed by atoms with E-state index in [1.807, 2.05) is 58.2 Å². The lowest BCUT2D eigenvalue weighted by Gasteiger charge is -2.44. The van der Waals surface area contributed by atoms with Crippen LogP contribution in [0.4, 0.5) is 4.79 Å². The lowest BCUT2D eigenvalue weighted by molar-refractivity contribution is 0.0315. The number of rotatable bonds is 5. The average Bonchev–Trinajstić information content (AvgIpc) is 3.43. The quantitative estimate of drug-likeness (QED) is 0.362. The molecule has 4 aromatic rings. The number of likely N-dealkylation sites (tertiary alicyclic amines) is 1. The lowest BCUT2D eigenvalue weighted by Crippen LogP contribution is -2.57. The minimum atomic E-state index is -0.952. The third-order valence-corrected chi connectivity index (χ3v) is 7.76. The first-order valence-corrected chi connectivity index (χ1v) is 13.5. The van der Waals surface area contributed by atoms with E-state index in [1.165, 1.54) is 4.90 Å². The number of nitrogens with zero attached hydrogens (tertiary/aromatic N) is 5. The summed E-state index contributed by atoms with van der Waals surface area (Å²) in [4.78, 5) is 33.8. The van der Waals surface area contributed by atoms with Crippen LogP contribution in [-0.2, 0) is 13.6 Å². The first-order chi connectivity index (χ1) is 18.5. The zero-order chi connectivity index (χ0) is 28.1. The van der Waals surface area contributed by atoms with Crippen molar-refractivity contribution in [2.75, 3.05) is 20.2 Å². The van der Waals surface area contributed by atoms with Gasteiger partial charge in [-0.1, -0.05) is 0 Å². The van der Waals surface area contributed by atoms with Crippen LogP contribution in [0.1, 0.15) is 50.9 Å². The normalized spacial score (nSPS) is 16.2. The average molecular weight is 532 g/mol. The molecule has 0 spiro atoms. The molecule has 39 heavy (non-hydrogen) atoms. The summed E-state index contributed by atoms with van der Waals surface area (Å²) in [6.45, 7) is 9.55. The summed E-state index contributed by atoms with van der Waals surface area (Å²) in [7, 11) is 3.66. The Labute approximate surface area is 228 Å². The number of amides is 2. The van der Waals surface area contributed by atoms with Crippen molar-refractivity contribution in [3.8, 4) is 17.3 Å². The second-order valence-electron chi connectivity index (χ2n) is 11.3. The zero-order valence-corrected chi connectivity index (χ0v) is 23.6. The van der Waals surface area contributed by atoms with Crippen molar-refractivity contribution in [1.82, 2.24) is 23.9 Å². The molecule has 9 nitrogen and oxygen atoms in total. The van der Waals surface area contributed by atoms with Crippen LogP contribution in [0.3, 0.4) is 0 Å². The van der Waals surface area contributed by atoms with Gasteiger partial charge in [-0.05, 0) is 76.9 Å². The van der Waals surface area contributed by atoms with Gasteiger partial charge >= 0.3 is 6.09 Å². The fourth-order valence-electron chi connectivity index (χ4n) is 5.97. The van der Waals surface area contributed by atoms with Crippen molar-refractivity contribution >= 4 is 33.9 Å². The number of aryl methyl sites for hydroxylation is 2. The first-order valence-electron chi connectivity index (χ1n) is 13.5. The highest BCUT2D eigenvalue weighted by molar-refractivity contribution is 5.98. The summed E-state index contributed by atoms with van der Waals surface area (Å²) >= 11 is 0. The van der Waals surface area contributed by atoms with Gasteiger partial charge in [-0.25, -0.2) is 9.78 Å². The molecule has 1 N–H and O–H groups in total. The van der Waals surface area contributed by atoms with Crippen molar-refractivity contribution in [2.24, 2.45) is 7.05 Å². The number of ether oxygens (including phenoxy) is 1. The summed E-state index contributed by atoms with van der Waals surface area (Å²) in [5.41, 5.74) is 3.79. The summed E-state index contributed by atoms with van der Waals surface area (Å²) < 4.78 is 9.73. The third-order valence-electron chi connectivity index (χ3n) is 7.76. The van der Waals surface area contributed by atoms with Gasteiger partial charge < -0.3 is 23.9 Å². The summed E-state index contributed by atoms with van der Waals surface area (Å²) in [5, 5.41) is 11.0. The van der Waals surface area contributed by atoms with Crippen LogP contribution in [-0.4, -0.2) is 72.8 Å². The minimum Gasteiger partial charge on any atom is -0.497 e. The maximum atomic E-state index is 13.6. The molecule has 0 radical (unpaired) electrons. The van der Waals surface area contributed by atoms with E-state index in [4.69, 9.17) is 9.72 Å². The number of carbonyl (C=O) groups is 2. The van der Waals surface area contributed by atoms with E-state index < -0.39 is 11.6 Å². The van der Waals surface area contributed by atoms with E-state index in [2.05, 4.69) is 28.2 Å². The SMILES string of the molecule is CCn1c(-c2nc3cc(C(=O)N4CCC[C@@H](N(C(=O)O)C(C)(C)C)C4)ccc3n2C)cc2ccc(OC)cc21. The fourth-order valence-corrected chi connectivity index (χ4v) is 5.97. The Morgan fingerprint density at radius 3 is 2.56 bits per heavy atom. The smallest absolute Gasteiger partial charge is 0.408 e. The van der Waals surface area contributed by atoms with Crippen molar-refractivity contribution in [3.05, 3.63) is 48.0 Å². The van der Waals surface area contributed by atoms with Gasteiger partial charge in [0.25, 0.3) is 5.91 Å². The van der Waals surface area contributed by atoms with Crippen LogP contribution in [0.2, 0.25) is 0 Å². The predicted octanol–water partition coefficient (Wildman–Crippen LogP) is 5.61. The molecule has 0 aliphatic carbocycles. The minimum absolute atomic E-state index is 0.0946. The standard InChI is InChI=1S/C30H37N5O4/c1-7-34-25-17-22(39-6)12-10-19(25)16-26(34)27-31-23-15-20(11-13-24(23)32(27)5)28(36)33-14-8-9-21(18-33)35(29(37)38)30(2,3)4/h10-13,15-17,21H,7-9,14,18H2,1-6H3,(H,37,38)/t21-/m1/s1. The van der Waals surface area contributed by atoms with Crippen LogP contribution in [0.25, 0.3) is 33.5 Å². The van der Waals surface area contributed by atoms with E-state index in [-0.39, 0.29) is 11.9 Å². The number of carboxylic acid groups (broad SMARTS) is 1. The molecule has 2 amide bonds.